The first-order chi connectivity index (χ1) is 7.95. The van der Waals surface area contributed by atoms with Gasteiger partial charge < -0.3 is 9.26 Å². The molecule has 1 fully saturated rings. The van der Waals surface area contributed by atoms with Gasteiger partial charge in [-0.1, -0.05) is 25.9 Å². The molecule has 0 bridgehead atoms. The summed E-state index contributed by atoms with van der Waals surface area (Å²) in [5, 5.41) is 4.03. The van der Waals surface area contributed by atoms with Crippen LogP contribution in [-0.2, 0) is 16.7 Å². The summed E-state index contributed by atoms with van der Waals surface area (Å²) in [5.74, 6) is 1.47. The summed E-state index contributed by atoms with van der Waals surface area (Å²) < 4.78 is 10.8. The van der Waals surface area contributed by atoms with Crippen LogP contribution in [0.4, 0.5) is 0 Å². The van der Waals surface area contributed by atoms with Crippen molar-refractivity contribution in [1.29, 1.82) is 0 Å². The molecule has 5 heteroatoms. The van der Waals surface area contributed by atoms with Crippen molar-refractivity contribution in [1.82, 2.24) is 15.0 Å². The van der Waals surface area contributed by atoms with E-state index in [1.165, 1.54) is 0 Å². The Hall–Kier alpha value is -0.940. The van der Waals surface area contributed by atoms with Gasteiger partial charge in [0.25, 0.3) is 0 Å². The summed E-state index contributed by atoms with van der Waals surface area (Å²) in [7, 11) is 0. The molecule has 0 aromatic carbocycles. The quantitative estimate of drug-likeness (QED) is 0.784. The average Bonchev–Trinajstić information content (AvgIpc) is 2.65. The maximum absolute atomic E-state index is 5.50. The van der Waals surface area contributed by atoms with Crippen LogP contribution in [0.3, 0.4) is 0 Å². The van der Waals surface area contributed by atoms with E-state index in [9.17, 15) is 0 Å². The summed E-state index contributed by atoms with van der Waals surface area (Å²) in [5.41, 5.74) is -0.0555. The molecule has 1 atom stereocenters. The smallest absolute Gasteiger partial charge is 0.240 e. The molecule has 1 aromatic heterocycles. The van der Waals surface area contributed by atoms with Crippen LogP contribution in [0.15, 0.2) is 4.52 Å². The third kappa shape index (κ3) is 3.26. The summed E-state index contributed by atoms with van der Waals surface area (Å²) in [6.45, 7) is 11.7. The number of hydrogen-bond donors (Lipinski definition) is 0. The molecule has 0 unspecified atom stereocenters. The fourth-order valence-corrected chi connectivity index (χ4v) is 1.85. The van der Waals surface area contributed by atoms with Crippen molar-refractivity contribution in [2.45, 2.75) is 45.8 Å². The molecule has 1 aliphatic heterocycles. The van der Waals surface area contributed by atoms with E-state index in [-0.39, 0.29) is 11.5 Å². The van der Waals surface area contributed by atoms with E-state index in [0.717, 1.165) is 32.1 Å². The third-order valence-electron chi connectivity index (χ3n) is 2.82. The normalized spacial score (nSPS) is 22.9. The standard InChI is InChI=1S/C12H21N3O2/c1-9-7-15(5-6-16-9)8-10-13-11(14-17-10)12(2,3)4/h9H,5-8H2,1-4H3/t9-/m1/s1. The highest BCUT2D eigenvalue weighted by atomic mass is 16.5. The van der Waals surface area contributed by atoms with Crippen LogP contribution >= 0.6 is 0 Å². The van der Waals surface area contributed by atoms with E-state index < -0.39 is 0 Å². The van der Waals surface area contributed by atoms with Gasteiger partial charge in [-0.25, -0.2) is 0 Å². The summed E-state index contributed by atoms with van der Waals surface area (Å²) in [4.78, 5) is 6.73. The van der Waals surface area contributed by atoms with E-state index in [1.54, 1.807) is 0 Å². The fourth-order valence-electron chi connectivity index (χ4n) is 1.85. The Morgan fingerprint density at radius 3 is 2.76 bits per heavy atom. The van der Waals surface area contributed by atoms with Crippen molar-refractivity contribution >= 4 is 0 Å². The zero-order valence-electron chi connectivity index (χ0n) is 11.1. The van der Waals surface area contributed by atoms with Crippen LogP contribution in [-0.4, -0.2) is 40.8 Å². The molecule has 2 rings (SSSR count). The lowest BCUT2D eigenvalue weighted by Crippen LogP contribution is -2.40. The van der Waals surface area contributed by atoms with Crippen molar-refractivity contribution in [3.63, 3.8) is 0 Å². The predicted molar refractivity (Wildman–Crippen MR) is 63.7 cm³/mol. The van der Waals surface area contributed by atoms with Crippen LogP contribution in [0.1, 0.15) is 39.4 Å². The van der Waals surface area contributed by atoms with E-state index in [2.05, 4.69) is 42.7 Å². The van der Waals surface area contributed by atoms with Crippen molar-refractivity contribution in [3.05, 3.63) is 11.7 Å². The third-order valence-corrected chi connectivity index (χ3v) is 2.82. The SMILES string of the molecule is C[C@@H]1CN(Cc2nc(C(C)(C)C)no2)CCO1. The van der Waals surface area contributed by atoms with Crippen molar-refractivity contribution in [2.75, 3.05) is 19.7 Å². The maximum Gasteiger partial charge on any atom is 0.240 e. The Balaban J connectivity index is 1.97. The largest absolute Gasteiger partial charge is 0.376 e. The predicted octanol–water partition coefficient (Wildman–Crippen LogP) is 1.59. The molecule has 1 saturated heterocycles. The van der Waals surface area contributed by atoms with E-state index >= 15 is 0 Å². The lowest BCUT2D eigenvalue weighted by molar-refractivity contribution is -0.0240. The summed E-state index contributed by atoms with van der Waals surface area (Å²) in [6.07, 6.45) is 0.286. The number of ether oxygens (including phenoxy) is 1. The maximum atomic E-state index is 5.50. The van der Waals surface area contributed by atoms with Crippen LogP contribution in [0, 0.1) is 0 Å². The number of hydrogen-bond acceptors (Lipinski definition) is 5. The molecule has 0 N–H and O–H groups in total. The molecule has 1 aromatic rings. The Morgan fingerprint density at radius 2 is 2.18 bits per heavy atom. The second-order valence-electron chi connectivity index (χ2n) is 5.68. The molecule has 0 amide bonds. The van der Waals surface area contributed by atoms with Gasteiger partial charge in [-0.3, -0.25) is 4.90 Å². The van der Waals surface area contributed by atoms with Gasteiger partial charge in [0, 0.05) is 18.5 Å². The van der Waals surface area contributed by atoms with Gasteiger partial charge in [-0.05, 0) is 6.92 Å². The van der Waals surface area contributed by atoms with Gasteiger partial charge in [0.2, 0.25) is 5.89 Å². The molecule has 0 spiro atoms. The molecular weight excluding hydrogens is 218 g/mol. The van der Waals surface area contributed by atoms with E-state index in [0.29, 0.717) is 5.89 Å². The van der Waals surface area contributed by atoms with E-state index in [4.69, 9.17) is 9.26 Å². The number of rotatable bonds is 2. The average molecular weight is 239 g/mol. The lowest BCUT2D eigenvalue weighted by atomic mass is 9.96. The molecule has 1 aliphatic rings. The Morgan fingerprint density at radius 1 is 1.41 bits per heavy atom. The molecule has 17 heavy (non-hydrogen) atoms. The van der Waals surface area contributed by atoms with Crippen LogP contribution in [0.2, 0.25) is 0 Å². The van der Waals surface area contributed by atoms with Crippen LogP contribution in [0.5, 0.6) is 0 Å². The fraction of sp³-hybridized carbons (Fsp3) is 0.833. The molecule has 2 heterocycles. The molecular formula is C12H21N3O2. The second-order valence-corrected chi connectivity index (χ2v) is 5.68. The van der Waals surface area contributed by atoms with Gasteiger partial charge in [-0.15, -0.1) is 0 Å². The molecule has 96 valence electrons. The number of aromatic nitrogens is 2. The summed E-state index contributed by atoms with van der Waals surface area (Å²) in [6, 6.07) is 0. The van der Waals surface area contributed by atoms with Gasteiger partial charge in [0.15, 0.2) is 5.82 Å². The van der Waals surface area contributed by atoms with Gasteiger partial charge in [0.05, 0.1) is 19.3 Å². The van der Waals surface area contributed by atoms with E-state index in [1.807, 2.05) is 0 Å². The van der Waals surface area contributed by atoms with Gasteiger partial charge >= 0.3 is 0 Å². The molecule has 0 aliphatic carbocycles. The van der Waals surface area contributed by atoms with Crippen molar-refractivity contribution < 1.29 is 9.26 Å². The first kappa shape index (κ1) is 12.5. The number of nitrogens with zero attached hydrogens (tertiary/aromatic N) is 3. The lowest BCUT2D eigenvalue weighted by Gasteiger charge is -2.29. The van der Waals surface area contributed by atoms with Crippen molar-refractivity contribution in [3.8, 4) is 0 Å². The zero-order valence-corrected chi connectivity index (χ0v) is 11.1. The first-order valence-corrected chi connectivity index (χ1v) is 6.12. The highest BCUT2D eigenvalue weighted by molar-refractivity contribution is 4.99. The molecule has 0 radical (unpaired) electrons. The van der Waals surface area contributed by atoms with Crippen LogP contribution < -0.4 is 0 Å². The van der Waals surface area contributed by atoms with Gasteiger partial charge in [-0.2, -0.15) is 4.98 Å². The minimum absolute atomic E-state index is 0.0555. The van der Waals surface area contributed by atoms with Crippen molar-refractivity contribution in [2.24, 2.45) is 0 Å². The highest BCUT2D eigenvalue weighted by Crippen LogP contribution is 2.19. The monoisotopic (exact) mass is 239 g/mol. The zero-order chi connectivity index (χ0) is 12.5. The number of morpholine rings is 1. The minimum Gasteiger partial charge on any atom is -0.376 e. The van der Waals surface area contributed by atoms with Gasteiger partial charge in [0.1, 0.15) is 0 Å². The Kier molecular flexibility index (Phi) is 3.49. The Bertz CT molecular complexity index is 370. The molecule has 5 nitrogen and oxygen atoms in total. The van der Waals surface area contributed by atoms with Crippen LogP contribution in [0.25, 0.3) is 0 Å². The summed E-state index contributed by atoms with van der Waals surface area (Å²) >= 11 is 0. The Labute approximate surface area is 102 Å². The highest BCUT2D eigenvalue weighted by Gasteiger charge is 2.23. The topological polar surface area (TPSA) is 51.4 Å². The minimum atomic E-state index is -0.0555. The second kappa shape index (κ2) is 4.74. The first-order valence-electron chi connectivity index (χ1n) is 6.12. The molecule has 0 saturated carbocycles.